The smallest absolute Gasteiger partial charge is 0.416 e. The summed E-state index contributed by atoms with van der Waals surface area (Å²) in [5, 5.41) is 0.674. The Bertz CT molecular complexity index is 1180. The Hall–Kier alpha value is -2.84. The summed E-state index contributed by atoms with van der Waals surface area (Å²) in [6, 6.07) is 18.2. The van der Waals surface area contributed by atoms with Gasteiger partial charge in [0.05, 0.1) is 12.7 Å². The van der Waals surface area contributed by atoms with E-state index in [1.54, 1.807) is 42.0 Å². The molecule has 3 aromatic carbocycles. The third-order valence-corrected chi connectivity index (χ3v) is 7.15. The number of benzene rings is 3. The molecule has 184 valence electrons. The third kappa shape index (κ3) is 6.24. The first-order valence-corrected chi connectivity index (χ1v) is 12.4. The third-order valence-electron chi connectivity index (χ3n) is 5.84. The number of carbonyl (C=O) groups excluding carboxylic acids is 1. The average molecular weight is 521 g/mol. The van der Waals surface area contributed by atoms with Crippen molar-refractivity contribution in [2.75, 3.05) is 38.2 Å². The van der Waals surface area contributed by atoms with Crippen molar-refractivity contribution in [1.82, 2.24) is 4.90 Å². The number of halogens is 4. The van der Waals surface area contributed by atoms with Crippen molar-refractivity contribution < 1.29 is 22.7 Å². The fraction of sp³-hybridized carbons (Fsp3) is 0.269. The number of carbonyl (C=O) groups is 1. The maximum Gasteiger partial charge on any atom is 0.416 e. The van der Waals surface area contributed by atoms with Gasteiger partial charge in [-0.1, -0.05) is 17.7 Å². The van der Waals surface area contributed by atoms with E-state index in [1.165, 1.54) is 6.07 Å². The van der Waals surface area contributed by atoms with Gasteiger partial charge in [0.2, 0.25) is 0 Å². The van der Waals surface area contributed by atoms with Crippen LogP contribution in [-0.2, 0) is 11.9 Å². The molecule has 1 fully saturated rings. The van der Waals surface area contributed by atoms with E-state index in [2.05, 4.69) is 0 Å². The molecule has 1 amide bonds. The van der Waals surface area contributed by atoms with Gasteiger partial charge < -0.3 is 14.5 Å². The Morgan fingerprint density at radius 1 is 1.00 bits per heavy atom. The predicted octanol–water partition coefficient (Wildman–Crippen LogP) is 6.62. The number of nitrogens with zero attached hydrogens (tertiary/aromatic N) is 2. The van der Waals surface area contributed by atoms with Crippen LogP contribution in [0.1, 0.15) is 21.5 Å². The Morgan fingerprint density at radius 3 is 2.37 bits per heavy atom. The molecule has 4 nitrogen and oxygen atoms in total. The SMILES string of the molecule is COc1ccc(C(=O)N2CCN(c3cccc(C(F)(F)F)c3)CC2)cc1CSc1ccc(Cl)cc1. The zero-order valence-electron chi connectivity index (χ0n) is 19.0. The molecular formula is C26H24ClF3N2O2S. The van der Waals surface area contributed by atoms with Gasteiger partial charge in [-0.05, 0) is 60.7 Å². The van der Waals surface area contributed by atoms with Crippen LogP contribution >= 0.6 is 23.4 Å². The molecule has 0 radical (unpaired) electrons. The number of piperazine rings is 1. The van der Waals surface area contributed by atoms with Crippen LogP contribution in [0.2, 0.25) is 5.02 Å². The van der Waals surface area contributed by atoms with Crippen LogP contribution in [0.3, 0.4) is 0 Å². The Morgan fingerprint density at radius 2 is 1.71 bits per heavy atom. The lowest BCUT2D eigenvalue weighted by atomic mass is 10.1. The van der Waals surface area contributed by atoms with E-state index in [4.69, 9.17) is 16.3 Å². The normalized spacial score (nSPS) is 14.2. The number of amides is 1. The molecule has 0 saturated carbocycles. The highest BCUT2D eigenvalue weighted by atomic mass is 35.5. The molecule has 0 bridgehead atoms. The van der Waals surface area contributed by atoms with Gasteiger partial charge in [0, 0.05) is 58.7 Å². The summed E-state index contributed by atoms with van der Waals surface area (Å²) in [5.74, 6) is 1.22. The van der Waals surface area contributed by atoms with Gasteiger partial charge in [0.1, 0.15) is 5.75 Å². The topological polar surface area (TPSA) is 32.8 Å². The molecule has 1 aliphatic rings. The fourth-order valence-corrected chi connectivity index (χ4v) is 4.95. The van der Waals surface area contributed by atoms with Gasteiger partial charge in [0.15, 0.2) is 0 Å². The molecule has 0 unspecified atom stereocenters. The average Bonchev–Trinajstić information content (AvgIpc) is 2.87. The second-order valence-electron chi connectivity index (χ2n) is 8.10. The highest BCUT2D eigenvalue weighted by molar-refractivity contribution is 7.98. The van der Waals surface area contributed by atoms with E-state index < -0.39 is 11.7 Å². The highest BCUT2D eigenvalue weighted by Crippen LogP contribution is 2.32. The summed E-state index contributed by atoms with van der Waals surface area (Å²) < 4.78 is 44.7. The van der Waals surface area contributed by atoms with Crippen LogP contribution in [0, 0.1) is 0 Å². The molecule has 0 N–H and O–H groups in total. The van der Waals surface area contributed by atoms with E-state index in [0.29, 0.717) is 54.0 Å². The Labute approximate surface area is 211 Å². The first kappa shape index (κ1) is 25.3. The second kappa shape index (κ2) is 10.8. The lowest BCUT2D eigenvalue weighted by Gasteiger charge is -2.36. The molecule has 4 rings (SSSR count). The summed E-state index contributed by atoms with van der Waals surface area (Å²) in [6.45, 7) is 1.77. The molecule has 1 heterocycles. The van der Waals surface area contributed by atoms with Crippen LogP contribution in [0.4, 0.5) is 18.9 Å². The monoisotopic (exact) mass is 520 g/mol. The molecule has 3 aromatic rings. The van der Waals surface area contributed by atoms with Crippen molar-refractivity contribution >= 4 is 35.0 Å². The lowest BCUT2D eigenvalue weighted by molar-refractivity contribution is -0.137. The summed E-state index contributed by atoms with van der Waals surface area (Å²) >= 11 is 7.57. The highest BCUT2D eigenvalue weighted by Gasteiger charge is 2.31. The number of hydrogen-bond acceptors (Lipinski definition) is 4. The minimum atomic E-state index is -4.38. The van der Waals surface area contributed by atoms with Gasteiger partial charge in [0.25, 0.3) is 5.91 Å². The van der Waals surface area contributed by atoms with Crippen molar-refractivity contribution in [1.29, 1.82) is 0 Å². The largest absolute Gasteiger partial charge is 0.496 e. The van der Waals surface area contributed by atoms with E-state index >= 15 is 0 Å². The summed E-state index contributed by atoms with van der Waals surface area (Å²) in [5.41, 5.74) is 1.31. The van der Waals surface area contributed by atoms with Gasteiger partial charge in [-0.3, -0.25) is 4.79 Å². The van der Waals surface area contributed by atoms with Gasteiger partial charge in [-0.15, -0.1) is 11.8 Å². The van der Waals surface area contributed by atoms with Crippen molar-refractivity contribution in [2.24, 2.45) is 0 Å². The number of methoxy groups -OCH3 is 1. The quantitative estimate of drug-likeness (QED) is 0.342. The molecule has 0 spiro atoms. The lowest BCUT2D eigenvalue weighted by Crippen LogP contribution is -2.48. The van der Waals surface area contributed by atoms with Crippen LogP contribution in [0.5, 0.6) is 5.75 Å². The predicted molar refractivity (Wildman–Crippen MR) is 134 cm³/mol. The van der Waals surface area contributed by atoms with Gasteiger partial charge in [-0.2, -0.15) is 13.2 Å². The van der Waals surface area contributed by atoms with Crippen LogP contribution in [-0.4, -0.2) is 44.1 Å². The molecule has 9 heteroatoms. The minimum Gasteiger partial charge on any atom is -0.496 e. The molecule has 35 heavy (non-hydrogen) atoms. The number of ether oxygens (including phenoxy) is 1. The fourth-order valence-electron chi connectivity index (χ4n) is 3.95. The second-order valence-corrected chi connectivity index (χ2v) is 9.58. The minimum absolute atomic E-state index is 0.103. The van der Waals surface area contributed by atoms with Gasteiger partial charge >= 0.3 is 6.18 Å². The van der Waals surface area contributed by atoms with Crippen LogP contribution in [0.15, 0.2) is 71.6 Å². The van der Waals surface area contributed by atoms with Crippen molar-refractivity contribution in [3.05, 3.63) is 88.4 Å². The molecule has 1 aliphatic heterocycles. The van der Waals surface area contributed by atoms with Gasteiger partial charge in [-0.25, -0.2) is 0 Å². The molecule has 1 saturated heterocycles. The number of alkyl halides is 3. The van der Waals surface area contributed by atoms with Crippen molar-refractivity contribution in [2.45, 2.75) is 16.8 Å². The molecular weight excluding hydrogens is 497 g/mol. The van der Waals surface area contributed by atoms with E-state index in [0.717, 1.165) is 22.6 Å². The maximum absolute atomic E-state index is 13.2. The Kier molecular flexibility index (Phi) is 7.82. The van der Waals surface area contributed by atoms with E-state index in [1.807, 2.05) is 35.2 Å². The van der Waals surface area contributed by atoms with Crippen molar-refractivity contribution in [3.63, 3.8) is 0 Å². The van der Waals surface area contributed by atoms with E-state index in [9.17, 15) is 18.0 Å². The standard InChI is InChI=1S/C26H24ClF3N2O2S/c1-34-24-10-5-18(15-19(24)17-35-23-8-6-21(27)7-9-23)25(33)32-13-11-31(12-14-32)22-4-2-3-20(16-22)26(28,29)30/h2-10,15-16H,11-14,17H2,1H3. The molecule has 0 aromatic heterocycles. The van der Waals surface area contributed by atoms with E-state index in [-0.39, 0.29) is 5.91 Å². The Balaban J connectivity index is 1.41. The maximum atomic E-state index is 13.2. The van der Waals surface area contributed by atoms with Crippen molar-refractivity contribution in [3.8, 4) is 5.75 Å². The molecule has 0 atom stereocenters. The first-order valence-electron chi connectivity index (χ1n) is 11.0. The molecule has 0 aliphatic carbocycles. The summed E-state index contributed by atoms with van der Waals surface area (Å²) in [7, 11) is 1.60. The summed E-state index contributed by atoms with van der Waals surface area (Å²) in [6.07, 6.45) is -4.38. The van der Waals surface area contributed by atoms with Crippen LogP contribution < -0.4 is 9.64 Å². The number of anilines is 1. The first-order chi connectivity index (χ1) is 16.7. The number of rotatable bonds is 6. The number of hydrogen-bond donors (Lipinski definition) is 0. The van der Waals surface area contributed by atoms with Crippen LogP contribution in [0.25, 0.3) is 0 Å². The zero-order valence-corrected chi connectivity index (χ0v) is 20.6. The number of thioether (sulfide) groups is 1. The zero-order chi connectivity index (χ0) is 25.0. The summed E-state index contributed by atoms with van der Waals surface area (Å²) in [4.78, 5) is 17.9.